The highest BCUT2D eigenvalue weighted by atomic mass is 19.4. The summed E-state index contributed by atoms with van der Waals surface area (Å²) in [5.74, 6) is -0.0614. The quantitative estimate of drug-likeness (QED) is 0.536. The standard InChI is InChI=1S/C20H26F3N3O4/c21-20(22,23)17-12-15(6-7-18(17)26(28)29)24-14-8-10-25(11-9-14)19(27)13-30-16-4-2-1-3-5-16/h6-7,12,14,16,24H,1-5,8-11,13H2. The van der Waals surface area contributed by atoms with Crippen molar-refractivity contribution in [2.24, 2.45) is 0 Å². The molecule has 0 unspecified atom stereocenters. The number of benzene rings is 1. The van der Waals surface area contributed by atoms with Gasteiger partial charge in [0.05, 0.1) is 11.0 Å². The molecular formula is C20H26F3N3O4. The van der Waals surface area contributed by atoms with Gasteiger partial charge in [0.25, 0.3) is 5.69 Å². The van der Waals surface area contributed by atoms with Gasteiger partial charge in [-0.15, -0.1) is 0 Å². The molecule has 1 saturated carbocycles. The number of halogens is 3. The summed E-state index contributed by atoms with van der Waals surface area (Å²) in [5.41, 5.74) is -2.06. The minimum atomic E-state index is -4.81. The first-order valence-electron chi connectivity index (χ1n) is 10.3. The van der Waals surface area contributed by atoms with Gasteiger partial charge < -0.3 is 15.0 Å². The molecule has 0 aromatic heterocycles. The lowest BCUT2D eigenvalue weighted by molar-refractivity contribution is -0.388. The molecule has 0 spiro atoms. The number of carbonyl (C=O) groups excluding carboxylic acids is 1. The SMILES string of the molecule is O=C(COC1CCCCC1)N1CCC(Nc2ccc([N+](=O)[O-])c(C(F)(F)F)c2)CC1. The van der Waals surface area contributed by atoms with Crippen LogP contribution in [0.5, 0.6) is 0 Å². The number of anilines is 1. The van der Waals surface area contributed by atoms with Crippen LogP contribution in [0.15, 0.2) is 18.2 Å². The van der Waals surface area contributed by atoms with Crippen molar-refractivity contribution < 1.29 is 27.6 Å². The summed E-state index contributed by atoms with van der Waals surface area (Å²) in [6.45, 7) is 1.05. The minimum Gasteiger partial charge on any atom is -0.382 e. The first kappa shape index (κ1) is 22.3. The fraction of sp³-hybridized carbons (Fsp3) is 0.650. The van der Waals surface area contributed by atoms with E-state index >= 15 is 0 Å². The molecule has 0 bridgehead atoms. The Balaban J connectivity index is 1.50. The summed E-state index contributed by atoms with van der Waals surface area (Å²) in [6, 6.07) is 2.80. The van der Waals surface area contributed by atoms with Crippen LogP contribution in [-0.2, 0) is 15.7 Å². The Morgan fingerprint density at radius 1 is 1.17 bits per heavy atom. The largest absolute Gasteiger partial charge is 0.423 e. The van der Waals surface area contributed by atoms with Crippen molar-refractivity contribution in [1.29, 1.82) is 0 Å². The molecule has 2 aliphatic rings. The van der Waals surface area contributed by atoms with E-state index in [4.69, 9.17) is 4.74 Å². The Bertz CT molecular complexity index is 758. The van der Waals surface area contributed by atoms with Crippen LogP contribution in [0.3, 0.4) is 0 Å². The second-order valence-electron chi connectivity index (χ2n) is 7.86. The fourth-order valence-corrected chi connectivity index (χ4v) is 4.03. The second kappa shape index (κ2) is 9.63. The number of nitro benzene ring substituents is 1. The molecule has 2 fully saturated rings. The highest BCUT2D eigenvalue weighted by Gasteiger charge is 2.38. The van der Waals surface area contributed by atoms with Crippen molar-refractivity contribution in [3.05, 3.63) is 33.9 Å². The molecule has 1 saturated heterocycles. The molecule has 1 aliphatic carbocycles. The molecule has 1 aliphatic heterocycles. The second-order valence-corrected chi connectivity index (χ2v) is 7.86. The van der Waals surface area contributed by atoms with E-state index in [0.717, 1.165) is 37.8 Å². The van der Waals surface area contributed by atoms with Gasteiger partial charge in [0, 0.05) is 30.9 Å². The third kappa shape index (κ3) is 5.84. The number of rotatable bonds is 6. The number of ether oxygens (including phenoxy) is 1. The number of amides is 1. The molecule has 166 valence electrons. The molecule has 3 rings (SSSR count). The van der Waals surface area contributed by atoms with Gasteiger partial charge >= 0.3 is 6.18 Å². The maximum atomic E-state index is 13.1. The summed E-state index contributed by atoms with van der Waals surface area (Å²) in [5, 5.41) is 13.9. The zero-order valence-electron chi connectivity index (χ0n) is 16.6. The predicted octanol–water partition coefficient (Wildman–Crippen LogP) is 4.37. The fourth-order valence-electron chi connectivity index (χ4n) is 4.03. The van der Waals surface area contributed by atoms with Crippen LogP contribution in [0.4, 0.5) is 24.5 Å². The zero-order chi connectivity index (χ0) is 21.7. The first-order valence-corrected chi connectivity index (χ1v) is 10.3. The lowest BCUT2D eigenvalue weighted by Crippen LogP contribution is -2.44. The van der Waals surface area contributed by atoms with E-state index in [-0.39, 0.29) is 30.3 Å². The number of hydrogen-bond donors (Lipinski definition) is 1. The van der Waals surface area contributed by atoms with Crippen molar-refractivity contribution in [1.82, 2.24) is 4.90 Å². The Hall–Kier alpha value is -2.36. The van der Waals surface area contributed by atoms with Gasteiger partial charge in [-0.25, -0.2) is 0 Å². The van der Waals surface area contributed by atoms with Crippen LogP contribution >= 0.6 is 0 Å². The molecule has 0 atom stereocenters. The molecular weight excluding hydrogens is 403 g/mol. The van der Waals surface area contributed by atoms with Crippen LogP contribution in [0.25, 0.3) is 0 Å². The number of nitro groups is 1. The number of hydrogen-bond acceptors (Lipinski definition) is 5. The average Bonchev–Trinajstić information content (AvgIpc) is 2.72. The van der Waals surface area contributed by atoms with Crippen LogP contribution in [0, 0.1) is 10.1 Å². The van der Waals surface area contributed by atoms with Gasteiger partial charge in [0.1, 0.15) is 12.2 Å². The number of carbonyl (C=O) groups is 1. The normalized spacial score (nSPS) is 19.0. The van der Waals surface area contributed by atoms with Crippen molar-refractivity contribution >= 4 is 17.3 Å². The van der Waals surface area contributed by atoms with E-state index in [1.54, 1.807) is 4.90 Å². The molecule has 7 nitrogen and oxygen atoms in total. The molecule has 30 heavy (non-hydrogen) atoms. The smallest absolute Gasteiger partial charge is 0.382 e. The molecule has 1 heterocycles. The van der Waals surface area contributed by atoms with Gasteiger partial charge in [-0.05, 0) is 37.8 Å². The van der Waals surface area contributed by atoms with Crippen LogP contribution in [-0.4, -0.2) is 47.6 Å². The summed E-state index contributed by atoms with van der Waals surface area (Å²) in [6.07, 6.45) is 1.97. The number of nitrogens with one attached hydrogen (secondary N) is 1. The molecule has 10 heteroatoms. The predicted molar refractivity (Wildman–Crippen MR) is 104 cm³/mol. The third-order valence-electron chi connectivity index (χ3n) is 5.71. The number of likely N-dealkylation sites (tertiary alicyclic amines) is 1. The zero-order valence-corrected chi connectivity index (χ0v) is 16.6. The maximum absolute atomic E-state index is 13.1. The topological polar surface area (TPSA) is 84.7 Å². The summed E-state index contributed by atoms with van der Waals surface area (Å²) >= 11 is 0. The molecule has 1 aromatic rings. The van der Waals surface area contributed by atoms with E-state index in [1.165, 1.54) is 12.5 Å². The number of nitrogens with zero attached hydrogens (tertiary/aromatic N) is 2. The molecule has 1 N–H and O–H groups in total. The van der Waals surface area contributed by atoms with Crippen molar-refractivity contribution in [2.75, 3.05) is 25.0 Å². The van der Waals surface area contributed by atoms with Gasteiger partial charge in [-0.2, -0.15) is 13.2 Å². The Kier molecular flexibility index (Phi) is 7.17. The Morgan fingerprint density at radius 3 is 2.43 bits per heavy atom. The van der Waals surface area contributed by atoms with Gasteiger partial charge in [-0.3, -0.25) is 14.9 Å². The van der Waals surface area contributed by atoms with E-state index in [2.05, 4.69) is 5.32 Å². The van der Waals surface area contributed by atoms with Gasteiger partial charge in [0.2, 0.25) is 5.91 Å². The van der Waals surface area contributed by atoms with Crippen LogP contribution in [0.2, 0.25) is 0 Å². The minimum absolute atomic E-state index is 0.0614. The number of piperidine rings is 1. The monoisotopic (exact) mass is 429 g/mol. The lowest BCUT2D eigenvalue weighted by Gasteiger charge is -2.33. The van der Waals surface area contributed by atoms with E-state index in [0.29, 0.717) is 25.9 Å². The lowest BCUT2D eigenvalue weighted by atomic mass is 9.98. The van der Waals surface area contributed by atoms with Crippen molar-refractivity contribution in [3.63, 3.8) is 0 Å². The van der Waals surface area contributed by atoms with Crippen molar-refractivity contribution in [3.8, 4) is 0 Å². The summed E-state index contributed by atoms with van der Waals surface area (Å²) in [7, 11) is 0. The highest BCUT2D eigenvalue weighted by Crippen LogP contribution is 2.37. The molecule has 1 aromatic carbocycles. The van der Waals surface area contributed by atoms with Crippen LogP contribution < -0.4 is 5.32 Å². The average molecular weight is 429 g/mol. The summed E-state index contributed by atoms with van der Waals surface area (Å²) < 4.78 is 45.1. The maximum Gasteiger partial charge on any atom is 0.423 e. The van der Waals surface area contributed by atoms with Crippen molar-refractivity contribution in [2.45, 2.75) is 63.3 Å². The molecule has 1 amide bonds. The summed E-state index contributed by atoms with van der Waals surface area (Å²) in [4.78, 5) is 23.9. The first-order chi connectivity index (χ1) is 14.2. The number of alkyl halides is 3. The van der Waals surface area contributed by atoms with Gasteiger partial charge in [0.15, 0.2) is 0 Å². The van der Waals surface area contributed by atoms with Gasteiger partial charge in [-0.1, -0.05) is 19.3 Å². The van der Waals surface area contributed by atoms with E-state index in [1.807, 2.05) is 0 Å². The third-order valence-corrected chi connectivity index (χ3v) is 5.71. The molecule has 0 radical (unpaired) electrons. The van der Waals surface area contributed by atoms with E-state index < -0.39 is 22.4 Å². The Labute approximate surface area is 172 Å². The van der Waals surface area contributed by atoms with Crippen LogP contribution in [0.1, 0.15) is 50.5 Å². The highest BCUT2D eigenvalue weighted by molar-refractivity contribution is 5.77. The Morgan fingerprint density at radius 2 is 1.83 bits per heavy atom. The van der Waals surface area contributed by atoms with E-state index in [9.17, 15) is 28.1 Å².